The number of pyridine rings is 1. The monoisotopic (exact) mass is 454 g/mol. The van der Waals surface area contributed by atoms with Crippen molar-refractivity contribution in [1.29, 1.82) is 5.26 Å². The number of benzene rings is 2. The second-order valence-electron chi connectivity index (χ2n) is 7.71. The number of nitrogens with zero attached hydrogens (tertiary/aromatic N) is 5. The highest BCUT2D eigenvalue weighted by Crippen LogP contribution is 2.22. The van der Waals surface area contributed by atoms with Crippen molar-refractivity contribution in [2.45, 2.75) is 19.5 Å². The molecule has 2 N–H and O–H groups in total. The van der Waals surface area contributed by atoms with Gasteiger partial charge in [0.2, 0.25) is 0 Å². The molecule has 4 rings (SSSR count). The van der Waals surface area contributed by atoms with Gasteiger partial charge in [0.05, 0.1) is 29.2 Å². The highest BCUT2D eigenvalue weighted by atomic mass is 16.4. The van der Waals surface area contributed by atoms with Gasteiger partial charge in [-0.05, 0) is 61.5 Å². The van der Waals surface area contributed by atoms with Crippen molar-refractivity contribution in [3.05, 3.63) is 83.8 Å². The van der Waals surface area contributed by atoms with Gasteiger partial charge in [0.15, 0.2) is 0 Å². The van der Waals surface area contributed by atoms with E-state index in [9.17, 15) is 14.7 Å². The summed E-state index contributed by atoms with van der Waals surface area (Å²) in [7, 11) is 1.89. The van der Waals surface area contributed by atoms with Crippen molar-refractivity contribution < 1.29 is 14.7 Å². The minimum absolute atomic E-state index is 0.260. The van der Waals surface area contributed by atoms with Gasteiger partial charge in [-0.25, -0.2) is 14.8 Å². The molecule has 9 nitrogen and oxygen atoms in total. The highest BCUT2D eigenvalue weighted by Gasteiger charge is 2.29. The smallest absolute Gasteiger partial charge is 0.326 e. The number of carboxylic acids is 1. The quantitative estimate of drug-likeness (QED) is 0.437. The van der Waals surface area contributed by atoms with Crippen LogP contribution in [0.1, 0.15) is 28.7 Å². The number of nitrogens with one attached hydrogen (secondary N) is 1. The number of aromatic nitrogens is 3. The number of rotatable bonds is 7. The third kappa shape index (κ3) is 4.42. The Hall–Kier alpha value is -4.71. The number of nitriles is 1. The minimum Gasteiger partial charge on any atom is -0.480 e. The standard InChI is InChI=1S/C25H22N6O3/c1-16(25(33)34)31(22-5-3-4-12-27-22)24(32)18-8-11-21-20(13-18)29-23(30(21)2)15-28-19-9-6-17(14-26)7-10-19/h3-13,16,28H,15H2,1-2H3,(H,33,34). The molecule has 170 valence electrons. The summed E-state index contributed by atoms with van der Waals surface area (Å²) in [6.07, 6.45) is 1.51. The number of carboxylic acid groups (broad SMARTS) is 1. The summed E-state index contributed by atoms with van der Waals surface area (Å²) in [5, 5.41) is 21.7. The lowest BCUT2D eigenvalue weighted by molar-refractivity contribution is -0.138. The molecule has 2 aromatic heterocycles. The summed E-state index contributed by atoms with van der Waals surface area (Å²) in [5.74, 6) is -0.590. The summed E-state index contributed by atoms with van der Waals surface area (Å²) >= 11 is 0. The second-order valence-corrected chi connectivity index (χ2v) is 7.71. The van der Waals surface area contributed by atoms with Gasteiger partial charge in [0, 0.05) is 24.5 Å². The topological polar surface area (TPSA) is 124 Å². The number of imidazole rings is 1. The van der Waals surface area contributed by atoms with E-state index in [1.807, 2.05) is 23.7 Å². The van der Waals surface area contributed by atoms with Crippen LogP contribution >= 0.6 is 0 Å². The third-order valence-electron chi connectivity index (χ3n) is 5.54. The van der Waals surface area contributed by atoms with Gasteiger partial charge in [-0.15, -0.1) is 0 Å². The minimum atomic E-state index is -1.13. The summed E-state index contributed by atoms with van der Waals surface area (Å²) in [5.41, 5.74) is 3.21. The molecule has 2 aromatic carbocycles. The van der Waals surface area contributed by atoms with Crippen molar-refractivity contribution >= 4 is 34.4 Å². The molecule has 1 atom stereocenters. The van der Waals surface area contributed by atoms with E-state index >= 15 is 0 Å². The van der Waals surface area contributed by atoms with E-state index in [1.54, 1.807) is 48.5 Å². The van der Waals surface area contributed by atoms with Gasteiger partial charge in [-0.3, -0.25) is 9.69 Å². The predicted octanol–water partition coefficient (Wildman–Crippen LogP) is 3.57. The SMILES string of the molecule is CC(C(=O)O)N(C(=O)c1ccc2c(c1)nc(CNc1ccc(C#N)cc1)n2C)c1ccccn1. The molecule has 0 saturated heterocycles. The molecule has 1 amide bonds. The number of carbonyl (C=O) groups is 2. The Bertz CT molecular complexity index is 1390. The van der Waals surface area contributed by atoms with E-state index < -0.39 is 17.9 Å². The van der Waals surface area contributed by atoms with Gasteiger partial charge >= 0.3 is 5.97 Å². The predicted molar refractivity (Wildman–Crippen MR) is 127 cm³/mol. The molecule has 34 heavy (non-hydrogen) atoms. The van der Waals surface area contributed by atoms with Crippen LogP contribution in [0, 0.1) is 11.3 Å². The van der Waals surface area contributed by atoms with Crippen molar-refractivity contribution in [3.8, 4) is 6.07 Å². The molecule has 0 aliphatic heterocycles. The Morgan fingerprint density at radius 1 is 1.18 bits per heavy atom. The lowest BCUT2D eigenvalue weighted by Gasteiger charge is -2.25. The summed E-state index contributed by atoms with van der Waals surface area (Å²) in [6, 6.07) is 18.2. The molecule has 1 unspecified atom stereocenters. The average molecular weight is 454 g/mol. The van der Waals surface area contributed by atoms with Crippen molar-refractivity contribution in [2.24, 2.45) is 7.05 Å². The van der Waals surface area contributed by atoms with E-state index in [4.69, 9.17) is 5.26 Å². The molecular weight excluding hydrogens is 432 g/mol. The van der Waals surface area contributed by atoms with Crippen molar-refractivity contribution in [1.82, 2.24) is 14.5 Å². The number of aryl methyl sites for hydroxylation is 1. The Kier molecular flexibility index (Phi) is 6.23. The zero-order valence-corrected chi connectivity index (χ0v) is 18.6. The van der Waals surface area contributed by atoms with Crippen LogP contribution in [0.15, 0.2) is 66.9 Å². The van der Waals surface area contributed by atoms with Crippen LogP contribution in [0.4, 0.5) is 11.5 Å². The normalized spacial score (nSPS) is 11.6. The maximum absolute atomic E-state index is 13.3. The highest BCUT2D eigenvalue weighted by molar-refractivity contribution is 6.09. The van der Waals surface area contributed by atoms with E-state index in [1.165, 1.54) is 18.0 Å². The Labute approximate surface area is 195 Å². The lowest BCUT2D eigenvalue weighted by atomic mass is 10.1. The third-order valence-corrected chi connectivity index (χ3v) is 5.54. The first-order chi connectivity index (χ1) is 16.4. The molecule has 9 heteroatoms. The Balaban J connectivity index is 1.61. The largest absolute Gasteiger partial charge is 0.480 e. The van der Waals surface area contributed by atoms with Crippen LogP contribution in [0.5, 0.6) is 0 Å². The summed E-state index contributed by atoms with van der Waals surface area (Å²) < 4.78 is 1.93. The van der Waals surface area contributed by atoms with Crippen molar-refractivity contribution in [2.75, 3.05) is 10.2 Å². The van der Waals surface area contributed by atoms with Crippen LogP contribution < -0.4 is 10.2 Å². The zero-order valence-electron chi connectivity index (χ0n) is 18.6. The molecule has 0 fully saturated rings. The van der Waals surface area contributed by atoms with Crippen LogP contribution in [0.25, 0.3) is 11.0 Å². The first-order valence-electron chi connectivity index (χ1n) is 10.6. The van der Waals surface area contributed by atoms with Gasteiger partial charge in [-0.2, -0.15) is 5.26 Å². The molecule has 4 aromatic rings. The fraction of sp³-hybridized carbons (Fsp3) is 0.160. The van der Waals surface area contributed by atoms with Crippen LogP contribution in [-0.4, -0.2) is 37.6 Å². The second kappa shape index (κ2) is 9.42. The lowest BCUT2D eigenvalue weighted by Crippen LogP contribution is -2.44. The molecule has 2 heterocycles. The number of amides is 1. The van der Waals surface area contributed by atoms with E-state index in [0.29, 0.717) is 23.2 Å². The number of hydrogen-bond acceptors (Lipinski definition) is 6. The van der Waals surface area contributed by atoms with Gasteiger partial charge in [-0.1, -0.05) is 6.07 Å². The van der Waals surface area contributed by atoms with Crippen molar-refractivity contribution in [3.63, 3.8) is 0 Å². The van der Waals surface area contributed by atoms with Crippen LogP contribution in [-0.2, 0) is 18.4 Å². The molecule has 0 spiro atoms. The molecule has 0 aliphatic carbocycles. The van der Waals surface area contributed by atoms with E-state index in [-0.39, 0.29) is 5.82 Å². The number of aliphatic carboxylic acids is 1. The molecule has 0 radical (unpaired) electrons. The first kappa shape index (κ1) is 22.5. The number of carbonyl (C=O) groups excluding carboxylic acids is 1. The number of hydrogen-bond donors (Lipinski definition) is 2. The molecule has 0 saturated carbocycles. The van der Waals surface area contributed by atoms with Crippen LogP contribution in [0.3, 0.4) is 0 Å². The fourth-order valence-electron chi connectivity index (χ4n) is 3.61. The zero-order chi connectivity index (χ0) is 24.2. The van der Waals surface area contributed by atoms with E-state index in [2.05, 4.69) is 21.4 Å². The number of fused-ring (bicyclic) bond motifs is 1. The first-order valence-corrected chi connectivity index (χ1v) is 10.6. The number of anilines is 2. The Morgan fingerprint density at radius 2 is 1.94 bits per heavy atom. The van der Waals surface area contributed by atoms with Gasteiger partial charge in [0.25, 0.3) is 5.91 Å². The van der Waals surface area contributed by atoms with Gasteiger partial charge in [0.1, 0.15) is 17.7 Å². The maximum Gasteiger partial charge on any atom is 0.326 e. The molecule has 0 bridgehead atoms. The average Bonchev–Trinajstić information content (AvgIpc) is 3.18. The summed E-state index contributed by atoms with van der Waals surface area (Å²) in [4.78, 5) is 35.0. The van der Waals surface area contributed by atoms with E-state index in [0.717, 1.165) is 17.0 Å². The van der Waals surface area contributed by atoms with Gasteiger partial charge < -0.3 is 15.0 Å². The Morgan fingerprint density at radius 3 is 2.59 bits per heavy atom. The molecule has 0 aliphatic rings. The maximum atomic E-state index is 13.3. The summed E-state index contributed by atoms with van der Waals surface area (Å²) in [6.45, 7) is 1.89. The fourth-order valence-corrected chi connectivity index (χ4v) is 3.61. The van der Waals surface area contributed by atoms with Crippen LogP contribution in [0.2, 0.25) is 0 Å². The molecular formula is C25H22N6O3.